The highest BCUT2D eigenvalue weighted by Crippen LogP contribution is 2.35. The van der Waals surface area contributed by atoms with Crippen LogP contribution in [0.3, 0.4) is 0 Å². The first-order chi connectivity index (χ1) is 13.7. The molecule has 1 unspecified atom stereocenters. The Hall–Kier alpha value is -2.05. The monoisotopic (exact) mass is 444 g/mol. The van der Waals surface area contributed by atoms with Gasteiger partial charge in [-0.2, -0.15) is 0 Å². The lowest BCUT2D eigenvalue weighted by atomic mass is 9.74. The first-order valence-corrected chi connectivity index (χ1v) is 10.6. The molecule has 2 heterocycles. The number of carbonyl (C=O) groups is 1. The maximum Gasteiger partial charge on any atom is 0.315 e. The number of nitrogens with one attached hydrogen (secondary N) is 2. The first kappa shape index (κ1) is 19.3. The molecular weight excluding hydrogens is 420 g/mol. The average Bonchev–Trinajstić information content (AvgIpc) is 2.74. The molecular formula is C22H25BrN2O3. The summed E-state index contributed by atoms with van der Waals surface area (Å²) in [5, 5.41) is 6.25. The number of benzene rings is 2. The minimum atomic E-state index is -0.139. The van der Waals surface area contributed by atoms with Gasteiger partial charge in [-0.05, 0) is 36.6 Å². The smallest absolute Gasteiger partial charge is 0.315 e. The SMILES string of the molecule is O=C(NCC1(c2ccccc2)CCOCC1)NC1CCOc2ccc(Br)cc21. The number of urea groups is 1. The van der Waals surface area contributed by atoms with Crippen molar-refractivity contribution in [2.45, 2.75) is 30.7 Å². The van der Waals surface area contributed by atoms with Crippen LogP contribution in [0.15, 0.2) is 53.0 Å². The maximum atomic E-state index is 12.7. The number of halogens is 1. The summed E-state index contributed by atoms with van der Waals surface area (Å²) >= 11 is 3.50. The van der Waals surface area contributed by atoms with E-state index in [0.29, 0.717) is 13.2 Å². The van der Waals surface area contributed by atoms with E-state index < -0.39 is 0 Å². The Balaban J connectivity index is 1.43. The number of carbonyl (C=O) groups excluding carboxylic acids is 1. The summed E-state index contributed by atoms with van der Waals surface area (Å²) < 4.78 is 12.3. The van der Waals surface area contributed by atoms with E-state index in [1.807, 2.05) is 24.3 Å². The van der Waals surface area contributed by atoms with Gasteiger partial charge in [-0.15, -0.1) is 0 Å². The Morgan fingerprint density at radius 2 is 1.89 bits per heavy atom. The van der Waals surface area contributed by atoms with Gasteiger partial charge >= 0.3 is 6.03 Å². The van der Waals surface area contributed by atoms with E-state index in [9.17, 15) is 4.79 Å². The molecule has 1 atom stereocenters. The van der Waals surface area contributed by atoms with Crippen molar-refractivity contribution >= 4 is 22.0 Å². The van der Waals surface area contributed by atoms with E-state index in [2.05, 4.69) is 50.8 Å². The highest BCUT2D eigenvalue weighted by molar-refractivity contribution is 9.10. The van der Waals surface area contributed by atoms with Gasteiger partial charge in [-0.1, -0.05) is 46.3 Å². The lowest BCUT2D eigenvalue weighted by molar-refractivity contribution is 0.0506. The van der Waals surface area contributed by atoms with E-state index in [1.165, 1.54) is 5.56 Å². The summed E-state index contributed by atoms with van der Waals surface area (Å²) in [5.74, 6) is 0.838. The molecule has 0 saturated carbocycles. The second kappa shape index (κ2) is 8.53. The molecule has 0 radical (unpaired) electrons. The van der Waals surface area contributed by atoms with Crippen molar-refractivity contribution in [3.05, 3.63) is 64.1 Å². The molecule has 0 bridgehead atoms. The van der Waals surface area contributed by atoms with Gasteiger partial charge in [0, 0.05) is 41.6 Å². The van der Waals surface area contributed by atoms with Crippen molar-refractivity contribution in [2.24, 2.45) is 0 Å². The second-order valence-electron chi connectivity index (χ2n) is 7.46. The van der Waals surface area contributed by atoms with Gasteiger partial charge in [-0.3, -0.25) is 0 Å². The molecule has 4 rings (SSSR count). The summed E-state index contributed by atoms with van der Waals surface area (Å²) in [6.07, 6.45) is 2.57. The predicted octanol–water partition coefficient (Wildman–Crippen LogP) is 4.32. The van der Waals surface area contributed by atoms with Crippen LogP contribution in [0.25, 0.3) is 0 Å². The molecule has 1 fully saturated rings. The molecule has 5 nitrogen and oxygen atoms in total. The Morgan fingerprint density at radius 1 is 1.11 bits per heavy atom. The third kappa shape index (κ3) is 4.18. The fourth-order valence-corrected chi connectivity index (χ4v) is 4.47. The quantitative estimate of drug-likeness (QED) is 0.737. The molecule has 2 N–H and O–H groups in total. The highest BCUT2D eigenvalue weighted by Gasteiger charge is 2.35. The number of fused-ring (bicyclic) bond motifs is 1. The minimum absolute atomic E-state index is 0.0522. The molecule has 2 aromatic rings. The molecule has 1 saturated heterocycles. The number of hydrogen-bond donors (Lipinski definition) is 2. The van der Waals surface area contributed by atoms with E-state index in [0.717, 1.165) is 48.3 Å². The van der Waals surface area contributed by atoms with Crippen molar-refractivity contribution in [3.8, 4) is 5.75 Å². The number of hydrogen-bond acceptors (Lipinski definition) is 3. The fourth-order valence-electron chi connectivity index (χ4n) is 4.10. The van der Waals surface area contributed by atoms with Crippen LogP contribution in [-0.4, -0.2) is 32.4 Å². The van der Waals surface area contributed by atoms with Gasteiger partial charge in [-0.25, -0.2) is 4.79 Å². The molecule has 2 aliphatic heterocycles. The van der Waals surface area contributed by atoms with Crippen LogP contribution < -0.4 is 15.4 Å². The highest BCUT2D eigenvalue weighted by atomic mass is 79.9. The van der Waals surface area contributed by atoms with Crippen LogP contribution in [0, 0.1) is 0 Å². The third-order valence-electron chi connectivity index (χ3n) is 5.74. The van der Waals surface area contributed by atoms with E-state index >= 15 is 0 Å². The zero-order valence-electron chi connectivity index (χ0n) is 15.7. The van der Waals surface area contributed by atoms with Crippen LogP contribution in [0.2, 0.25) is 0 Å². The molecule has 0 aromatic heterocycles. The molecule has 2 amide bonds. The minimum Gasteiger partial charge on any atom is -0.493 e. The van der Waals surface area contributed by atoms with Gasteiger partial charge in [0.25, 0.3) is 0 Å². The summed E-state index contributed by atoms with van der Waals surface area (Å²) in [5.41, 5.74) is 2.20. The lowest BCUT2D eigenvalue weighted by Gasteiger charge is -2.38. The maximum absolute atomic E-state index is 12.7. The number of amides is 2. The Morgan fingerprint density at radius 3 is 2.68 bits per heavy atom. The topological polar surface area (TPSA) is 59.6 Å². The Kier molecular flexibility index (Phi) is 5.87. The molecule has 148 valence electrons. The van der Waals surface area contributed by atoms with Gasteiger partial charge in [0.2, 0.25) is 0 Å². The first-order valence-electron chi connectivity index (χ1n) is 9.76. The summed E-state index contributed by atoms with van der Waals surface area (Å²) in [6.45, 7) is 2.64. The zero-order valence-corrected chi connectivity index (χ0v) is 17.3. The fraction of sp³-hybridized carbons (Fsp3) is 0.409. The molecule has 0 spiro atoms. The van der Waals surface area contributed by atoms with Gasteiger partial charge in [0.15, 0.2) is 0 Å². The van der Waals surface area contributed by atoms with Crippen LogP contribution in [0.1, 0.15) is 36.4 Å². The van der Waals surface area contributed by atoms with Crippen LogP contribution in [0.4, 0.5) is 4.79 Å². The van der Waals surface area contributed by atoms with Crippen molar-refractivity contribution in [1.82, 2.24) is 10.6 Å². The van der Waals surface area contributed by atoms with Crippen molar-refractivity contribution in [3.63, 3.8) is 0 Å². The summed E-state index contributed by atoms with van der Waals surface area (Å²) in [6, 6.07) is 16.2. The second-order valence-corrected chi connectivity index (χ2v) is 8.37. The van der Waals surface area contributed by atoms with Gasteiger partial charge in [0.05, 0.1) is 12.6 Å². The molecule has 6 heteroatoms. The predicted molar refractivity (Wildman–Crippen MR) is 112 cm³/mol. The van der Waals surface area contributed by atoms with Crippen molar-refractivity contribution in [2.75, 3.05) is 26.4 Å². The van der Waals surface area contributed by atoms with E-state index in [4.69, 9.17) is 9.47 Å². The summed E-state index contributed by atoms with van der Waals surface area (Å²) in [4.78, 5) is 12.7. The third-order valence-corrected chi connectivity index (χ3v) is 6.23. The standard InChI is InChI=1S/C22H25BrN2O3/c23-17-6-7-20-18(14-17)19(8-11-28-20)25-21(26)24-15-22(9-12-27-13-10-22)16-4-2-1-3-5-16/h1-7,14,19H,8-13,15H2,(H2,24,25,26). The molecule has 2 aliphatic rings. The van der Waals surface area contributed by atoms with E-state index in [-0.39, 0.29) is 17.5 Å². The van der Waals surface area contributed by atoms with Crippen LogP contribution >= 0.6 is 15.9 Å². The average molecular weight is 445 g/mol. The van der Waals surface area contributed by atoms with Crippen LogP contribution in [0.5, 0.6) is 5.75 Å². The largest absolute Gasteiger partial charge is 0.493 e. The van der Waals surface area contributed by atoms with E-state index in [1.54, 1.807) is 0 Å². The molecule has 2 aromatic carbocycles. The van der Waals surface area contributed by atoms with Crippen LogP contribution in [-0.2, 0) is 10.2 Å². The lowest BCUT2D eigenvalue weighted by Crippen LogP contribution is -2.48. The van der Waals surface area contributed by atoms with Crippen molar-refractivity contribution in [1.29, 1.82) is 0 Å². The summed E-state index contributed by atoms with van der Waals surface area (Å²) in [7, 11) is 0. The van der Waals surface area contributed by atoms with Gasteiger partial charge in [0.1, 0.15) is 5.75 Å². The number of rotatable bonds is 4. The normalized spacial score (nSPS) is 20.5. The molecule has 28 heavy (non-hydrogen) atoms. The van der Waals surface area contributed by atoms with Gasteiger partial charge < -0.3 is 20.1 Å². The Labute approximate surface area is 173 Å². The number of ether oxygens (including phenoxy) is 2. The zero-order chi connectivity index (χ0) is 19.4. The van der Waals surface area contributed by atoms with Crippen molar-refractivity contribution < 1.29 is 14.3 Å². The Bertz CT molecular complexity index is 822. The molecule has 0 aliphatic carbocycles.